The third kappa shape index (κ3) is 6.49. The summed E-state index contributed by atoms with van der Waals surface area (Å²) in [7, 11) is 0. The van der Waals surface area contributed by atoms with Gasteiger partial charge in [-0.2, -0.15) is 0 Å². The fourth-order valence-corrected chi connectivity index (χ4v) is 5.06. The van der Waals surface area contributed by atoms with Crippen molar-refractivity contribution in [3.63, 3.8) is 0 Å². The standard InChI is InChI=1S/C22H29Cl2N3O6/c23-14-7-15(24)9-16(8-14)25-22(30)27-11-17(28)12-32-13-20-19(27)2-1-18(33-20)10-21(29)26-3-5-31-6-4-26/h7-9,17-20,28H,1-6,10-13H2,(H,25,30)/t17-,18-,19-,20+/m0/s1. The normalized spacial score (nSPS) is 28.5. The number of carbonyl (C=O) groups is 2. The summed E-state index contributed by atoms with van der Waals surface area (Å²) in [6.07, 6.45) is 0.0823. The fraction of sp³-hybridized carbons (Fsp3) is 0.636. The summed E-state index contributed by atoms with van der Waals surface area (Å²) in [6, 6.07) is 4.12. The van der Waals surface area contributed by atoms with Crippen LogP contribution in [0.4, 0.5) is 10.5 Å². The Hall–Kier alpha value is -1.62. The van der Waals surface area contributed by atoms with E-state index in [1.54, 1.807) is 28.0 Å². The number of aliphatic hydroxyl groups is 1. The van der Waals surface area contributed by atoms with Crippen LogP contribution in [0, 0.1) is 0 Å². The summed E-state index contributed by atoms with van der Waals surface area (Å²) in [5.41, 5.74) is 0.465. The Morgan fingerprint density at radius 2 is 1.79 bits per heavy atom. The lowest BCUT2D eigenvalue weighted by Crippen LogP contribution is -2.58. The van der Waals surface area contributed by atoms with Crippen LogP contribution in [0.1, 0.15) is 19.3 Å². The first-order chi connectivity index (χ1) is 15.9. The number of aliphatic hydroxyl groups excluding tert-OH is 1. The maximum atomic E-state index is 13.2. The number of nitrogens with zero attached hydrogens (tertiary/aromatic N) is 2. The van der Waals surface area contributed by atoms with Crippen molar-refractivity contribution in [2.75, 3.05) is 51.4 Å². The first-order valence-corrected chi connectivity index (χ1v) is 11.9. The van der Waals surface area contributed by atoms with E-state index >= 15 is 0 Å². The molecule has 0 saturated carbocycles. The first-order valence-electron chi connectivity index (χ1n) is 11.2. The Balaban J connectivity index is 1.42. The third-order valence-electron chi connectivity index (χ3n) is 6.12. The number of β-amino-alcohol motifs (C(OH)–C–C–N with tert-alkyl or cyclic N) is 1. The number of hydrogen-bond donors (Lipinski definition) is 2. The van der Waals surface area contributed by atoms with Crippen molar-refractivity contribution in [2.45, 2.75) is 43.6 Å². The molecule has 0 unspecified atom stereocenters. The van der Waals surface area contributed by atoms with E-state index in [2.05, 4.69) is 5.32 Å². The van der Waals surface area contributed by atoms with Gasteiger partial charge in [0.2, 0.25) is 5.91 Å². The van der Waals surface area contributed by atoms with Gasteiger partial charge in [0.15, 0.2) is 0 Å². The van der Waals surface area contributed by atoms with Gasteiger partial charge in [0.1, 0.15) is 6.10 Å². The molecule has 3 fully saturated rings. The van der Waals surface area contributed by atoms with E-state index in [0.29, 0.717) is 61.3 Å². The molecule has 3 aliphatic rings. The number of amides is 3. The molecule has 11 heteroatoms. The molecule has 3 amide bonds. The van der Waals surface area contributed by atoms with Crippen LogP contribution in [0.5, 0.6) is 0 Å². The second-order valence-electron chi connectivity index (χ2n) is 8.57. The number of rotatable bonds is 3. The zero-order valence-corrected chi connectivity index (χ0v) is 19.8. The minimum absolute atomic E-state index is 0.0522. The SMILES string of the molecule is O=C(C[C@@H]1CC[C@H]2[C@@H](COC[C@@H](O)CN2C(=O)Nc2cc(Cl)cc(Cl)c2)O1)N1CCOCC1. The predicted octanol–water partition coefficient (Wildman–Crippen LogP) is 2.38. The topological polar surface area (TPSA) is 101 Å². The van der Waals surface area contributed by atoms with Gasteiger partial charge in [-0.25, -0.2) is 4.79 Å². The largest absolute Gasteiger partial charge is 0.389 e. The van der Waals surface area contributed by atoms with Crippen LogP contribution in [0.25, 0.3) is 0 Å². The van der Waals surface area contributed by atoms with Crippen molar-refractivity contribution in [1.29, 1.82) is 0 Å². The molecule has 3 saturated heterocycles. The van der Waals surface area contributed by atoms with Gasteiger partial charge in [-0.05, 0) is 31.0 Å². The lowest BCUT2D eigenvalue weighted by atomic mass is 9.94. The molecule has 3 aliphatic heterocycles. The van der Waals surface area contributed by atoms with Crippen molar-refractivity contribution in [3.05, 3.63) is 28.2 Å². The smallest absolute Gasteiger partial charge is 0.322 e. The van der Waals surface area contributed by atoms with Crippen LogP contribution in [0.15, 0.2) is 18.2 Å². The number of nitrogens with one attached hydrogen (secondary N) is 1. The van der Waals surface area contributed by atoms with Crippen molar-refractivity contribution in [2.24, 2.45) is 0 Å². The molecule has 9 nitrogen and oxygen atoms in total. The Bertz CT molecular complexity index is 833. The molecule has 182 valence electrons. The van der Waals surface area contributed by atoms with E-state index in [0.717, 1.165) is 0 Å². The van der Waals surface area contributed by atoms with Gasteiger partial charge in [-0.1, -0.05) is 23.2 Å². The summed E-state index contributed by atoms with van der Waals surface area (Å²) < 4.78 is 17.2. The molecule has 2 N–H and O–H groups in total. The molecule has 4 rings (SSSR count). The Morgan fingerprint density at radius 1 is 1.06 bits per heavy atom. The molecular weight excluding hydrogens is 473 g/mol. The Kier molecular flexibility index (Phi) is 8.32. The molecule has 33 heavy (non-hydrogen) atoms. The van der Waals surface area contributed by atoms with Crippen LogP contribution in [0.2, 0.25) is 10.0 Å². The van der Waals surface area contributed by atoms with E-state index in [4.69, 9.17) is 37.4 Å². The summed E-state index contributed by atoms with van der Waals surface area (Å²) in [6.45, 7) is 2.73. The monoisotopic (exact) mass is 501 g/mol. The number of benzene rings is 1. The Morgan fingerprint density at radius 3 is 2.52 bits per heavy atom. The number of halogens is 2. The van der Waals surface area contributed by atoms with E-state index < -0.39 is 12.2 Å². The number of urea groups is 1. The highest BCUT2D eigenvalue weighted by Gasteiger charge is 2.40. The molecule has 1 aromatic rings. The molecule has 0 aliphatic carbocycles. The number of anilines is 1. The average Bonchev–Trinajstić information content (AvgIpc) is 2.76. The minimum Gasteiger partial charge on any atom is -0.389 e. The highest BCUT2D eigenvalue weighted by Crippen LogP contribution is 2.29. The summed E-state index contributed by atoms with van der Waals surface area (Å²) in [5.74, 6) is 0.0522. The van der Waals surface area contributed by atoms with Crippen molar-refractivity contribution < 1.29 is 28.9 Å². The van der Waals surface area contributed by atoms with E-state index in [1.165, 1.54) is 0 Å². The second kappa shape index (κ2) is 11.2. The van der Waals surface area contributed by atoms with Crippen LogP contribution in [0.3, 0.4) is 0 Å². The molecule has 0 radical (unpaired) electrons. The lowest BCUT2D eigenvalue weighted by molar-refractivity contribution is -0.156. The van der Waals surface area contributed by atoms with Gasteiger partial charge in [0.25, 0.3) is 0 Å². The number of morpholine rings is 1. The van der Waals surface area contributed by atoms with Crippen LogP contribution in [-0.2, 0) is 19.0 Å². The maximum absolute atomic E-state index is 13.2. The quantitative estimate of drug-likeness (QED) is 0.659. The van der Waals surface area contributed by atoms with Gasteiger partial charge in [-0.15, -0.1) is 0 Å². The number of fused-ring (bicyclic) bond motifs is 1. The zero-order valence-electron chi connectivity index (χ0n) is 18.3. The van der Waals surface area contributed by atoms with Crippen LogP contribution >= 0.6 is 23.2 Å². The van der Waals surface area contributed by atoms with Crippen molar-refractivity contribution in [1.82, 2.24) is 9.80 Å². The van der Waals surface area contributed by atoms with E-state index in [-0.39, 0.29) is 43.8 Å². The number of carbonyl (C=O) groups excluding carboxylic acids is 2. The zero-order chi connectivity index (χ0) is 23.4. The summed E-state index contributed by atoms with van der Waals surface area (Å²) in [4.78, 5) is 29.2. The molecule has 0 spiro atoms. The fourth-order valence-electron chi connectivity index (χ4n) is 4.53. The first kappa shape index (κ1) is 24.5. The Labute approximate surface area is 202 Å². The second-order valence-corrected chi connectivity index (χ2v) is 9.44. The van der Waals surface area contributed by atoms with Gasteiger partial charge < -0.3 is 34.4 Å². The average molecular weight is 502 g/mol. The summed E-state index contributed by atoms with van der Waals surface area (Å²) in [5, 5.41) is 13.9. The molecular formula is C22H29Cl2N3O6. The molecule has 3 heterocycles. The van der Waals surface area contributed by atoms with Gasteiger partial charge >= 0.3 is 6.03 Å². The highest BCUT2D eigenvalue weighted by atomic mass is 35.5. The number of ether oxygens (including phenoxy) is 3. The van der Waals surface area contributed by atoms with Gasteiger partial charge in [0, 0.05) is 28.8 Å². The van der Waals surface area contributed by atoms with E-state index in [1.807, 2.05) is 0 Å². The van der Waals surface area contributed by atoms with Crippen LogP contribution < -0.4 is 5.32 Å². The molecule has 1 aromatic carbocycles. The lowest BCUT2D eigenvalue weighted by Gasteiger charge is -2.44. The van der Waals surface area contributed by atoms with Gasteiger partial charge in [0.05, 0.1) is 57.6 Å². The van der Waals surface area contributed by atoms with E-state index in [9.17, 15) is 14.7 Å². The van der Waals surface area contributed by atoms with Crippen LogP contribution in [-0.4, -0.2) is 97.3 Å². The number of hydrogen-bond acceptors (Lipinski definition) is 6. The maximum Gasteiger partial charge on any atom is 0.322 e. The molecule has 0 aromatic heterocycles. The van der Waals surface area contributed by atoms with Gasteiger partial charge in [-0.3, -0.25) is 4.79 Å². The highest BCUT2D eigenvalue weighted by molar-refractivity contribution is 6.35. The van der Waals surface area contributed by atoms with Crippen molar-refractivity contribution >= 4 is 40.8 Å². The van der Waals surface area contributed by atoms with Crippen molar-refractivity contribution in [3.8, 4) is 0 Å². The third-order valence-corrected chi connectivity index (χ3v) is 6.56. The minimum atomic E-state index is -0.819. The molecule has 0 bridgehead atoms. The molecule has 4 atom stereocenters. The summed E-state index contributed by atoms with van der Waals surface area (Å²) >= 11 is 12.1. The predicted molar refractivity (Wildman–Crippen MR) is 123 cm³/mol.